The fraction of sp³-hybridized carbons (Fsp3) is 0.458. The summed E-state index contributed by atoms with van der Waals surface area (Å²) in [6.07, 6.45) is -0.336. The Morgan fingerprint density at radius 1 is 0.850 bits per heavy atom. The fourth-order valence-electron chi connectivity index (χ4n) is 4.92. The number of aliphatic carboxylic acids is 2. The van der Waals surface area contributed by atoms with E-state index in [2.05, 4.69) is 10.0 Å². The molecule has 2 aliphatic heterocycles. The Morgan fingerprint density at radius 3 is 1.93 bits per heavy atom. The normalized spacial score (nSPS) is 22.8. The van der Waals surface area contributed by atoms with Crippen LogP contribution in [0.1, 0.15) is 41.8 Å². The largest absolute Gasteiger partial charge is 0.480 e. The van der Waals surface area contributed by atoms with E-state index in [1.54, 1.807) is 29.0 Å². The zero-order chi connectivity index (χ0) is 29.0. The van der Waals surface area contributed by atoms with Crippen molar-refractivity contribution >= 4 is 62.4 Å². The van der Waals surface area contributed by atoms with Gasteiger partial charge in [0.1, 0.15) is 16.3 Å². The van der Waals surface area contributed by atoms with Crippen LogP contribution in [0, 0.1) is 0 Å². The summed E-state index contributed by atoms with van der Waals surface area (Å²) in [5.74, 6) is -3.85. The summed E-state index contributed by atoms with van der Waals surface area (Å²) in [7, 11) is -3.86. The summed E-state index contributed by atoms with van der Waals surface area (Å²) in [4.78, 5) is 64.4. The molecule has 2 aromatic heterocycles. The van der Waals surface area contributed by atoms with Crippen molar-refractivity contribution in [2.75, 3.05) is 13.1 Å². The molecule has 2 aromatic rings. The minimum atomic E-state index is -3.86. The molecule has 2 fully saturated rings. The van der Waals surface area contributed by atoms with Crippen LogP contribution < -0.4 is 10.0 Å². The highest BCUT2D eigenvalue weighted by Gasteiger charge is 2.42. The van der Waals surface area contributed by atoms with Gasteiger partial charge in [-0.05, 0) is 35.7 Å². The third-order valence-corrected chi connectivity index (χ3v) is 10.5. The maximum Gasteiger partial charge on any atom is 0.326 e. The lowest BCUT2D eigenvalue weighted by molar-refractivity contribution is -0.149. The van der Waals surface area contributed by atoms with Gasteiger partial charge in [-0.15, -0.1) is 22.7 Å². The molecular formula is C24H28N4O9S3. The van der Waals surface area contributed by atoms with E-state index in [-0.39, 0.29) is 55.3 Å². The van der Waals surface area contributed by atoms with Crippen molar-refractivity contribution in [1.82, 2.24) is 19.8 Å². The van der Waals surface area contributed by atoms with Crippen LogP contribution in [-0.2, 0) is 29.2 Å². The van der Waals surface area contributed by atoms with Crippen molar-refractivity contribution in [3.05, 3.63) is 39.9 Å². The average Bonchev–Trinajstić information content (AvgIpc) is 3.70. The summed E-state index contributed by atoms with van der Waals surface area (Å²) < 4.78 is 27.6. The van der Waals surface area contributed by atoms with Gasteiger partial charge in [0.25, 0.3) is 5.91 Å². The van der Waals surface area contributed by atoms with Crippen LogP contribution in [-0.4, -0.2) is 95.3 Å². The number of sulfonamides is 1. The Kier molecular flexibility index (Phi) is 9.22. The molecule has 2 aliphatic rings. The van der Waals surface area contributed by atoms with Gasteiger partial charge < -0.3 is 25.3 Å². The van der Waals surface area contributed by atoms with E-state index in [4.69, 9.17) is 0 Å². The van der Waals surface area contributed by atoms with Gasteiger partial charge in [-0.3, -0.25) is 14.4 Å². The number of hydrogen-bond donors (Lipinski definition) is 4. The maximum absolute atomic E-state index is 12.9. The molecular weight excluding hydrogens is 584 g/mol. The number of carboxylic acid groups (broad SMARTS) is 2. The topological polar surface area (TPSA) is 190 Å². The molecule has 4 N–H and O–H groups in total. The van der Waals surface area contributed by atoms with E-state index in [9.17, 15) is 42.6 Å². The number of nitrogens with one attached hydrogen (secondary N) is 2. The van der Waals surface area contributed by atoms with E-state index in [1.807, 2.05) is 0 Å². The highest BCUT2D eigenvalue weighted by Crippen LogP contribution is 2.25. The van der Waals surface area contributed by atoms with Crippen LogP contribution in [0.4, 0.5) is 0 Å². The van der Waals surface area contributed by atoms with E-state index >= 15 is 0 Å². The van der Waals surface area contributed by atoms with Crippen LogP contribution in [0.5, 0.6) is 0 Å². The third kappa shape index (κ3) is 6.86. The van der Waals surface area contributed by atoms with Crippen LogP contribution in [0.25, 0.3) is 0 Å². The molecule has 4 heterocycles. The monoisotopic (exact) mass is 612 g/mol. The van der Waals surface area contributed by atoms with Crippen molar-refractivity contribution < 1.29 is 42.6 Å². The smallest absolute Gasteiger partial charge is 0.326 e. The Morgan fingerprint density at radius 2 is 1.40 bits per heavy atom. The van der Waals surface area contributed by atoms with Gasteiger partial charge in [-0.1, -0.05) is 12.1 Å². The second kappa shape index (κ2) is 12.4. The lowest BCUT2D eigenvalue weighted by Gasteiger charge is -2.23. The van der Waals surface area contributed by atoms with Gasteiger partial charge in [0.15, 0.2) is 0 Å². The molecule has 4 atom stereocenters. The lowest BCUT2D eigenvalue weighted by atomic mass is 10.1. The number of nitrogens with zero attached hydrogens (tertiary/aromatic N) is 2. The molecule has 13 nitrogen and oxygen atoms in total. The van der Waals surface area contributed by atoms with Gasteiger partial charge >= 0.3 is 11.9 Å². The van der Waals surface area contributed by atoms with Crippen molar-refractivity contribution in [1.29, 1.82) is 0 Å². The number of likely N-dealkylation sites (tertiary alicyclic amines) is 2. The molecule has 16 heteroatoms. The molecule has 0 aromatic carbocycles. The summed E-state index contributed by atoms with van der Waals surface area (Å²) in [6.45, 7) is -0.118. The summed E-state index contributed by atoms with van der Waals surface area (Å²) in [6, 6.07) is 2.68. The zero-order valence-electron chi connectivity index (χ0n) is 21.1. The molecule has 0 aliphatic carbocycles. The molecule has 0 spiro atoms. The summed E-state index contributed by atoms with van der Waals surface area (Å²) >= 11 is 2.26. The molecule has 4 rings (SSSR count). The molecule has 2 saturated heterocycles. The fourth-order valence-corrected chi connectivity index (χ4v) is 7.79. The number of rotatable bonds is 11. The quantitative estimate of drug-likeness (QED) is 0.284. The van der Waals surface area contributed by atoms with Gasteiger partial charge in [0, 0.05) is 44.4 Å². The number of amides is 3. The molecule has 0 bridgehead atoms. The summed E-state index contributed by atoms with van der Waals surface area (Å²) in [5, 5.41) is 25.3. The van der Waals surface area contributed by atoms with Crippen molar-refractivity contribution in [3.63, 3.8) is 0 Å². The van der Waals surface area contributed by atoms with Crippen LogP contribution in [0.2, 0.25) is 0 Å². The minimum Gasteiger partial charge on any atom is -0.480 e. The maximum atomic E-state index is 12.9. The highest BCUT2D eigenvalue weighted by molar-refractivity contribution is 7.91. The van der Waals surface area contributed by atoms with E-state index < -0.39 is 57.9 Å². The van der Waals surface area contributed by atoms with E-state index in [1.165, 1.54) is 22.3 Å². The first-order valence-corrected chi connectivity index (χ1v) is 15.6. The first-order chi connectivity index (χ1) is 19.0. The number of carbonyl (C=O) groups excluding carboxylic acids is 3. The number of thiophene rings is 2. The predicted molar refractivity (Wildman–Crippen MR) is 143 cm³/mol. The second-order valence-corrected chi connectivity index (χ2v) is 13.4. The molecule has 216 valence electrons. The van der Waals surface area contributed by atoms with Crippen LogP contribution in [0.15, 0.2) is 39.2 Å². The molecule has 40 heavy (non-hydrogen) atoms. The number of carboxylic acids is 2. The minimum absolute atomic E-state index is 0.0140. The van der Waals surface area contributed by atoms with E-state index in [0.717, 1.165) is 16.2 Å². The van der Waals surface area contributed by atoms with Crippen molar-refractivity contribution in [3.8, 4) is 0 Å². The number of carbonyl (C=O) groups is 5. The van der Waals surface area contributed by atoms with Crippen molar-refractivity contribution in [2.24, 2.45) is 0 Å². The third-order valence-electron chi connectivity index (χ3n) is 6.76. The SMILES string of the molecule is O=C(N[C@H]1C[C@@H](C(=O)O)N(C(=O)CCCC(=O)N2C[C@@H](NS(=O)(=O)c3cccs3)C[C@H]2C(=O)O)C1)c1cccs1. The van der Waals surface area contributed by atoms with Gasteiger partial charge in [-0.25, -0.2) is 22.7 Å². The van der Waals surface area contributed by atoms with Crippen LogP contribution in [0.3, 0.4) is 0 Å². The van der Waals surface area contributed by atoms with E-state index in [0.29, 0.717) is 4.88 Å². The van der Waals surface area contributed by atoms with Gasteiger partial charge in [0.2, 0.25) is 21.8 Å². The Hall–Kier alpha value is -3.34. The average molecular weight is 613 g/mol. The standard InChI is InChI=1S/C24H28N4O9S3/c29-19(27-12-14(10-16(27)23(32)33)25-22(31)18-4-2-8-38-18)5-1-6-20(30)28-13-15(11-17(28)24(34)35)26-40(36,37)21-7-3-9-39-21/h2-4,7-9,14-17,26H,1,5-6,10-13H2,(H,25,31)(H,32,33)(H,34,35)/t14-,15-,16-,17-/m0/s1. The van der Waals surface area contributed by atoms with Crippen molar-refractivity contribution in [2.45, 2.75) is 60.5 Å². The van der Waals surface area contributed by atoms with Crippen LogP contribution >= 0.6 is 22.7 Å². The lowest BCUT2D eigenvalue weighted by Crippen LogP contribution is -2.42. The van der Waals surface area contributed by atoms with Gasteiger partial charge in [0.05, 0.1) is 4.88 Å². The molecule has 3 amide bonds. The Labute approximate surface area is 237 Å². The summed E-state index contributed by atoms with van der Waals surface area (Å²) in [5.41, 5.74) is 0. The first kappa shape index (κ1) is 29.6. The highest BCUT2D eigenvalue weighted by atomic mass is 32.2. The first-order valence-electron chi connectivity index (χ1n) is 12.4. The zero-order valence-corrected chi connectivity index (χ0v) is 23.5. The Balaban J connectivity index is 1.30. The number of hydrogen-bond acceptors (Lipinski definition) is 9. The Bertz CT molecular complexity index is 1360. The predicted octanol–water partition coefficient (Wildman–Crippen LogP) is 0.796. The molecule has 0 radical (unpaired) electrons. The molecule has 0 unspecified atom stereocenters. The second-order valence-electron chi connectivity index (χ2n) is 9.52. The van der Waals surface area contributed by atoms with Gasteiger partial charge in [-0.2, -0.15) is 0 Å². The molecule has 0 saturated carbocycles.